The predicted octanol–water partition coefficient (Wildman–Crippen LogP) is 1.53. The second-order valence-corrected chi connectivity index (χ2v) is 5.33. The lowest BCUT2D eigenvalue weighted by atomic mass is 10.1. The minimum atomic E-state index is -0.970. The van der Waals surface area contributed by atoms with Crippen molar-refractivity contribution < 1.29 is 14.3 Å². The molecule has 0 saturated heterocycles. The van der Waals surface area contributed by atoms with Crippen molar-refractivity contribution in [3.8, 4) is 0 Å². The molecule has 2 heterocycles. The first-order valence-corrected chi connectivity index (χ1v) is 7.11. The van der Waals surface area contributed by atoms with Crippen LogP contribution in [0.3, 0.4) is 0 Å². The van der Waals surface area contributed by atoms with Gasteiger partial charge >= 0.3 is 0 Å². The summed E-state index contributed by atoms with van der Waals surface area (Å²) in [6.45, 7) is 2.47. The Morgan fingerprint density at radius 3 is 2.90 bits per heavy atom. The smallest absolute Gasteiger partial charge is 0.251 e. The molecule has 1 aliphatic rings. The molecule has 1 atom stereocenters. The van der Waals surface area contributed by atoms with Gasteiger partial charge in [-0.3, -0.25) is 4.79 Å². The SMILES string of the molecule is C[C@H](O)C(=O)N1CCc2oc(Cc3ccccc3)nc2C1. The fourth-order valence-corrected chi connectivity index (χ4v) is 2.55. The van der Waals surface area contributed by atoms with Crippen molar-refractivity contribution in [3.63, 3.8) is 0 Å². The zero-order valence-electron chi connectivity index (χ0n) is 12.0. The minimum absolute atomic E-state index is 0.256. The number of carbonyl (C=O) groups is 1. The highest BCUT2D eigenvalue weighted by atomic mass is 16.4. The number of hydrogen-bond donors (Lipinski definition) is 1. The Balaban J connectivity index is 1.74. The molecule has 0 unspecified atom stereocenters. The van der Waals surface area contributed by atoms with E-state index in [1.807, 2.05) is 30.3 Å². The number of hydrogen-bond acceptors (Lipinski definition) is 4. The molecular formula is C16H18N2O3. The topological polar surface area (TPSA) is 66.6 Å². The molecule has 0 saturated carbocycles. The van der Waals surface area contributed by atoms with E-state index in [9.17, 15) is 9.90 Å². The normalized spacial score (nSPS) is 15.6. The molecule has 1 N–H and O–H groups in total. The molecule has 0 bridgehead atoms. The number of oxazole rings is 1. The van der Waals surface area contributed by atoms with Crippen LogP contribution in [-0.2, 0) is 24.2 Å². The molecule has 5 nitrogen and oxygen atoms in total. The second-order valence-electron chi connectivity index (χ2n) is 5.33. The highest BCUT2D eigenvalue weighted by Crippen LogP contribution is 2.21. The third kappa shape index (κ3) is 2.97. The molecule has 3 rings (SSSR count). The first kappa shape index (κ1) is 13.8. The average Bonchev–Trinajstić information content (AvgIpc) is 2.88. The van der Waals surface area contributed by atoms with Crippen molar-refractivity contribution in [1.82, 2.24) is 9.88 Å². The number of aromatic nitrogens is 1. The summed E-state index contributed by atoms with van der Waals surface area (Å²) in [5.41, 5.74) is 1.95. The number of carbonyl (C=O) groups excluding carboxylic acids is 1. The van der Waals surface area contributed by atoms with E-state index in [2.05, 4.69) is 4.98 Å². The van der Waals surface area contributed by atoms with Crippen LogP contribution in [-0.4, -0.2) is 33.5 Å². The van der Waals surface area contributed by atoms with E-state index in [0.29, 0.717) is 31.8 Å². The first-order valence-electron chi connectivity index (χ1n) is 7.11. The highest BCUT2D eigenvalue weighted by Gasteiger charge is 2.27. The van der Waals surface area contributed by atoms with Crippen molar-refractivity contribution in [3.05, 3.63) is 53.2 Å². The van der Waals surface area contributed by atoms with Gasteiger partial charge in [0, 0.05) is 19.4 Å². The monoisotopic (exact) mass is 286 g/mol. The number of aliphatic hydroxyl groups is 1. The predicted molar refractivity (Wildman–Crippen MR) is 76.6 cm³/mol. The Morgan fingerprint density at radius 2 is 2.19 bits per heavy atom. The van der Waals surface area contributed by atoms with Crippen LogP contribution >= 0.6 is 0 Å². The van der Waals surface area contributed by atoms with Gasteiger partial charge in [0.15, 0.2) is 5.89 Å². The third-order valence-electron chi connectivity index (χ3n) is 3.64. The molecule has 21 heavy (non-hydrogen) atoms. The Hall–Kier alpha value is -2.14. The molecule has 2 aromatic rings. The summed E-state index contributed by atoms with van der Waals surface area (Å²) < 4.78 is 5.79. The van der Waals surface area contributed by atoms with E-state index in [1.165, 1.54) is 6.92 Å². The maximum Gasteiger partial charge on any atom is 0.251 e. The number of rotatable bonds is 3. The molecule has 0 fully saturated rings. The van der Waals surface area contributed by atoms with E-state index in [-0.39, 0.29) is 5.91 Å². The fourth-order valence-electron chi connectivity index (χ4n) is 2.55. The van der Waals surface area contributed by atoms with E-state index < -0.39 is 6.10 Å². The van der Waals surface area contributed by atoms with Crippen molar-refractivity contribution in [2.24, 2.45) is 0 Å². The zero-order chi connectivity index (χ0) is 14.8. The maximum absolute atomic E-state index is 11.8. The number of fused-ring (bicyclic) bond motifs is 1. The summed E-state index contributed by atoms with van der Waals surface area (Å²) in [5.74, 6) is 1.28. The third-order valence-corrected chi connectivity index (χ3v) is 3.64. The van der Waals surface area contributed by atoms with Crippen LogP contribution in [0.4, 0.5) is 0 Å². The van der Waals surface area contributed by atoms with Crippen LogP contribution in [0, 0.1) is 0 Å². The summed E-state index contributed by atoms with van der Waals surface area (Å²) in [5, 5.41) is 9.39. The average molecular weight is 286 g/mol. The minimum Gasteiger partial charge on any atom is -0.445 e. The van der Waals surface area contributed by atoms with E-state index >= 15 is 0 Å². The van der Waals surface area contributed by atoms with Crippen LogP contribution in [0.25, 0.3) is 0 Å². The first-order chi connectivity index (χ1) is 10.1. The molecule has 1 amide bonds. The largest absolute Gasteiger partial charge is 0.445 e. The van der Waals surface area contributed by atoms with Gasteiger partial charge in [-0.1, -0.05) is 30.3 Å². The molecule has 0 radical (unpaired) electrons. The zero-order valence-corrected chi connectivity index (χ0v) is 12.0. The molecule has 0 spiro atoms. The quantitative estimate of drug-likeness (QED) is 0.929. The van der Waals surface area contributed by atoms with Crippen molar-refractivity contribution in [2.75, 3.05) is 6.54 Å². The lowest BCUT2D eigenvalue weighted by Crippen LogP contribution is -2.40. The van der Waals surface area contributed by atoms with Gasteiger partial charge in [0.2, 0.25) is 0 Å². The Kier molecular flexibility index (Phi) is 3.75. The van der Waals surface area contributed by atoms with Gasteiger partial charge in [0.1, 0.15) is 17.6 Å². The van der Waals surface area contributed by atoms with Gasteiger partial charge < -0.3 is 14.4 Å². The Bertz CT molecular complexity index is 634. The number of aliphatic hydroxyl groups excluding tert-OH is 1. The van der Waals surface area contributed by atoms with Crippen LogP contribution in [0.1, 0.15) is 29.8 Å². The summed E-state index contributed by atoms with van der Waals surface area (Å²) in [6, 6.07) is 10.0. The number of benzene rings is 1. The number of nitrogens with zero attached hydrogens (tertiary/aromatic N) is 2. The molecule has 110 valence electrons. The lowest BCUT2D eigenvalue weighted by molar-refractivity contribution is -0.140. The molecule has 1 aromatic heterocycles. The molecular weight excluding hydrogens is 268 g/mol. The molecule has 0 aliphatic carbocycles. The van der Waals surface area contributed by atoms with Crippen molar-refractivity contribution in [2.45, 2.75) is 32.4 Å². The summed E-state index contributed by atoms with van der Waals surface area (Å²) in [7, 11) is 0. The van der Waals surface area contributed by atoms with Crippen LogP contribution < -0.4 is 0 Å². The van der Waals surface area contributed by atoms with E-state index in [4.69, 9.17) is 4.42 Å². The highest BCUT2D eigenvalue weighted by molar-refractivity contribution is 5.80. The summed E-state index contributed by atoms with van der Waals surface area (Å²) in [6.07, 6.45) is 0.329. The van der Waals surface area contributed by atoms with Gasteiger partial charge in [0.25, 0.3) is 5.91 Å². The summed E-state index contributed by atoms with van der Waals surface area (Å²) >= 11 is 0. The number of amides is 1. The fraction of sp³-hybridized carbons (Fsp3) is 0.375. The summed E-state index contributed by atoms with van der Waals surface area (Å²) in [4.78, 5) is 17.9. The van der Waals surface area contributed by atoms with Crippen LogP contribution in [0.15, 0.2) is 34.7 Å². The second kappa shape index (κ2) is 5.69. The van der Waals surface area contributed by atoms with Gasteiger partial charge in [-0.25, -0.2) is 4.98 Å². The van der Waals surface area contributed by atoms with Gasteiger partial charge in [0.05, 0.1) is 6.54 Å². The van der Waals surface area contributed by atoms with E-state index in [1.54, 1.807) is 4.90 Å². The van der Waals surface area contributed by atoms with E-state index in [0.717, 1.165) is 17.0 Å². The Labute approximate surface area is 123 Å². The molecule has 5 heteroatoms. The van der Waals surface area contributed by atoms with Crippen molar-refractivity contribution >= 4 is 5.91 Å². The maximum atomic E-state index is 11.8. The molecule has 1 aliphatic heterocycles. The molecule has 1 aromatic carbocycles. The van der Waals surface area contributed by atoms with Gasteiger partial charge in [-0.2, -0.15) is 0 Å². The van der Waals surface area contributed by atoms with Crippen molar-refractivity contribution in [1.29, 1.82) is 0 Å². The Morgan fingerprint density at radius 1 is 1.43 bits per heavy atom. The lowest BCUT2D eigenvalue weighted by Gasteiger charge is -2.26. The van der Waals surface area contributed by atoms with Crippen LogP contribution in [0.5, 0.6) is 0 Å². The van der Waals surface area contributed by atoms with Gasteiger partial charge in [-0.15, -0.1) is 0 Å². The van der Waals surface area contributed by atoms with Gasteiger partial charge in [-0.05, 0) is 12.5 Å². The standard InChI is InChI=1S/C16H18N2O3/c1-11(19)16(20)18-8-7-14-13(10-18)17-15(21-14)9-12-5-3-2-4-6-12/h2-6,11,19H,7-10H2,1H3/t11-/m0/s1. The van der Waals surface area contributed by atoms with Crippen LogP contribution in [0.2, 0.25) is 0 Å².